The molecule has 1 amide bonds. The summed E-state index contributed by atoms with van der Waals surface area (Å²) in [5, 5.41) is 13.6. The van der Waals surface area contributed by atoms with E-state index in [4.69, 9.17) is 5.73 Å². The summed E-state index contributed by atoms with van der Waals surface area (Å²) in [4.78, 5) is 11.3. The van der Waals surface area contributed by atoms with Crippen molar-refractivity contribution in [3.05, 3.63) is 52.2 Å². The number of benzene rings is 1. The number of primary amides is 1. The summed E-state index contributed by atoms with van der Waals surface area (Å²) in [6.45, 7) is 0.485. The summed E-state index contributed by atoms with van der Waals surface area (Å²) in [7, 11) is -3.74. The quantitative estimate of drug-likeness (QED) is 0.831. The number of thiophene rings is 1. The zero-order chi connectivity index (χ0) is 17.3. The molecule has 2 heterocycles. The summed E-state index contributed by atoms with van der Waals surface area (Å²) in [6, 6.07) is 7.69. The minimum absolute atomic E-state index is 0.0321. The van der Waals surface area contributed by atoms with Crippen LogP contribution in [-0.4, -0.2) is 43.4 Å². The summed E-state index contributed by atoms with van der Waals surface area (Å²) >= 11 is 1.55. The highest BCUT2D eigenvalue weighted by Crippen LogP contribution is 2.36. The largest absolute Gasteiger partial charge is 0.396 e. The van der Waals surface area contributed by atoms with Gasteiger partial charge in [-0.3, -0.25) is 4.79 Å². The number of rotatable bonds is 5. The highest BCUT2D eigenvalue weighted by molar-refractivity contribution is 7.89. The summed E-state index contributed by atoms with van der Waals surface area (Å²) < 4.78 is 27.1. The molecular formula is C16H18N2O4S2. The van der Waals surface area contributed by atoms with Crippen LogP contribution < -0.4 is 5.73 Å². The van der Waals surface area contributed by atoms with Crippen LogP contribution >= 0.6 is 11.3 Å². The van der Waals surface area contributed by atoms with E-state index in [2.05, 4.69) is 0 Å². The molecule has 1 saturated heterocycles. The molecule has 3 N–H and O–H groups in total. The molecule has 1 aromatic heterocycles. The van der Waals surface area contributed by atoms with Crippen LogP contribution in [0.3, 0.4) is 0 Å². The first kappa shape index (κ1) is 17.1. The Morgan fingerprint density at radius 1 is 1.33 bits per heavy atom. The number of nitrogens with zero attached hydrogens (tertiary/aromatic N) is 1. The number of hydrogen-bond acceptors (Lipinski definition) is 5. The third-order valence-corrected chi connectivity index (χ3v) is 6.90. The first-order valence-electron chi connectivity index (χ1n) is 7.46. The Morgan fingerprint density at radius 3 is 2.75 bits per heavy atom. The summed E-state index contributed by atoms with van der Waals surface area (Å²) in [5.41, 5.74) is 6.43. The molecule has 0 bridgehead atoms. The second-order valence-corrected chi connectivity index (χ2v) is 8.54. The van der Waals surface area contributed by atoms with E-state index in [1.165, 1.54) is 28.6 Å². The molecule has 0 unspecified atom stereocenters. The van der Waals surface area contributed by atoms with Crippen molar-refractivity contribution < 1.29 is 18.3 Å². The van der Waals surface area contributed by atoms with Crippen LogP contribution in [0, 0.1) is 5.92 Å². The van der Waals surface area contributed by atoms with Gasteiger partial charge in [0.05, 0.1) is 4.90 Å². The van der Waals surface area contributed by atoms with E-state index < -0.39 is 15.9 Å². The van der Waals surface area contributed by atoms with Gasteiger partial charge in [-0.05, 0) is 40.6 Å². The molecule has 0 aliphatic carbocycles. The smallest absolute Gasteiger partial charge is 0.248 e. The Hall–Kier alpha value is -1.74. The van der Waals surface area contributed by atoms with Crippen molar-refractivity contribution in [2.45, 2.75) is 10.8 Å². The Labute approximate surface area is 144 Å². The fraction of sp³-hybridized carbons (Fsp3) is 0.312. The van der Waals surface area contributed by atoms with Crippen LogP contribution in [0.2, 0.25) is 0 Å². The van der Waals surface area contributed by atoms with Crippen LogP contribution in [-0.2, 0) is 10.0 Å². The molecule has 3 rings (SSSR count). The van der Waals surface area contributed by atoms with Gasteiger partial charge in [0.15, 0.2) is 0 Å². The molecule has 1 aliphatic heterocycles. The average molecular weight is 366 g/mol. The molecule has 1 aliphatic rings. The molecule has 1 fully saturated rings. The maximum Gasteiger partial charge on any atom is 0.248 e. The van der Waals surface area contributed by atoms with Crippen molar-refractivity contribution in [2.24, 2.45) is 11.7 Å². The van der Waals surface area contributed by atoms with E-state index in [0.29, 0.717) is 6.54 Å². The minimum atomic E-state index is -3.74. The van der Waals surface area contributed by atoms with Gasteiger partial charge in [0.25, 0.3) is 0 Å². The molecule has 128 valence electrons. The highest BCUT2D eigenvalue weighted by atomic mass is 32.2. The third-order valence-electron chi connectivity index (χ3n) is 4.37. The van der Waals surface area contributed by atoms with E-state index >= 15 is 0 Å². The predicted octanol–water partition coefficient (Wildman–Crippen LogP) is 1.24. The molecule has 8 heteroatoms. The third kappa shape index (κ3) is 3.10. The van der Waals surface area contributed by atoms with E-state index in [9.17, 15) is 18.3 Å². The lowest BCUT2D eigenvalue weighted by molar-refractivity contribution is 0.1000. The molecule has 0 radical (unpaired) electrons. The Balaban J connectivity index is 1.91. The number of carbonyl (C=O) groups is 1. The fourth-order valence-corrected chi connectivity index (χ4v) is 5.33. The van der Waals surface area contributed by atoms with Gasteiger partial charge < -0.3 is 10.8 Å². The number of amides is 1. The van der Waals surface area contributed by atoms with Crippen molar-refractivity contribution in [1.82, 2.24) is 4.31 Å². The first-order chi connectivity index (χ1) is 11.4. The van der Waals surface area contributed by atoms with Gasteiger partial charge in [-0.25, -0.2) is 8.42 Å². The number of hydrogen-bond donors (Lipinski definition) is 2. The minimum Gasteiger partial charge on any atom is -0.396 e. The predicted molar refractivity (Wildman–Crippen MR) is 91.4 cm³/mol. The zero-order valence-corrected chi connectivity index (χ0v) is 14.5. The van der Waals surface area contributed by atoms with Gasteiger partial charge in [0, 0.05) is 37.1 Å². The maximum absolute atomic E-state index is 12.9. The topological polar surface area (TPSA) is 101 Å². The van der Waals surface area contributed by atoms with Gasteiger partial charge in [-0.1, -0.05) is 6.07 Å². The number of carbonyl (C=O) groups excluding carboxylic acids is 1. The van der Waals surface area contributed by atoms with Gasteiger partial charge in [0.2, 0.25) is 15.9 Å². The van der Waals surface area contributed by atoms with Crippen molar-refractivity contribution in [3.63, 3.8) is 0 Å². The fourth-order valence-electron chi connectivity index (χ4n) is 3.04. The van der Waals surface area contributed by atoms with Crippen molar-refractivity contribution in [3.8, 4) is 0 Å². The lowest BCUT2D eigenvalue weighted by Crippen LogP contribution is -2.29. The van der Waals surface area contributed by atoms with E-state index in [1.807, 2.05) is 16.8 Å². The second-order valence-electron chi connectivity index (χ2n) is 5.82. The molecule has 6 nitrogen and oxygen atoms in total. The molecule has 2 aromatic rings. The lowest BCUT2D eigenvalue weighted by Gasteiger charge is -2.16. The molecule has 24 heavy (non-hydrogen) atoms. The van der Waals surface area contributed by atoms with Crippen molar-refractivity contribution >= 4 is 27.3 Å². The van der Waals surface area contributed by atoms with Crippen molar-refractivity contribution in [1.29, 1.82) is 0 Å². The van der Waals surface area contributed by atoms with Gasteiger partial charge in [-0.15, -0.1) is 0 Å². The van der Waals surface area contributed by atoms with Crippen LogP contribution in [0.5, 0.6) is 0 Å². The first-order valence-corrected chi connectivity index (χ1v) is 9.84. The standard InChI is InChI=1S/C16H18N2O4S2/c17-16(20)11-2-1-3-14(6-11)24(21,22)18-7-13(9-19)15(8-18)12-4-5-23-10-12/h1-6,10,13,15,19H,7-9H2,(H2,17,20)/t13-,15-/m1/s1. The SMILES string of the molecule is NC(=O)c1cccc(S(=O)(=O)N2C[C@H](CO)[C@@H](c3ccsc3)C2)c1. The van der Waals surface area contributed by atoms with Crippen LogP contribution in [0.25, 0.3) is 0 Å². The van der Waals surface area contributed by atoms with E-state index in [1.54, 1.807) is 11.3 Å². The van der Waals surface area contributed by atoms with Crippen LogP contribution in [0.1, 0.15) is 21.8 Å². The average Bonchev–Trinajstić information content (AvgIpc) is 3.23. The molecular weight excluding hydrogens is 348 g/mol. The van der Waals surface area contributed by atoms with E-state index in [0.717, 1.165) is 5.56 Å². The number of sulfonamides is 1. The zero-order valence-electron chi connectivity index (χ0n) is 12.8. The second kappa shape index (κ2) is 6.64. The van der Waals surface area contributed by atoms with Crippen LogP contribution in [0.4, 0.5) is 0 Å². The molecule has 2 atom stereocenters. The normalized spacial score (nSPS) is 21.9. The van der Waals surface area contributed by atoms with Crippen LogP contribution in [0.15, 0.2) is 46.0 Å². The number of nitrogens with two attached hydrogens (primary N) is 1. The van der Waals surface area contributed by atoms with Gasteiger partial charge in [-0.2, -0.15) is 15.6 Å². The van der Waals surface area contributed by atoms with Gasteiger partial charge in [0.1, 0.15) is 0 Å². The Morgan fingerprint density at radius 2 is 2.12 bits per heavy atom. The number of aliphatic hydroxyl groups excluding tert-OH is 1. The molecule has 0 saturated carbocycles. The summed E-state index contributed by atoms with van der Waals surface area (Å²) in [5.74, 6) is -0.845. The lowest BCUT2D eigenvalue weighted by atomic mass is 9.92. The monoisotopic (exact) mass is 366 g/mol. The Bertz CT molecular complexity index is 834. The maximum atomic E-state index is 12.9. The molecule has 0 spiro atoms. The van der Waals surface area contributed by atoms with E-state index in [-0.39, 0.29) is 35.4 Å². The molecule has 1 aromatic carbocycles. The van der Waals surface area contributed by atoms with Gasteiger partial charge >= 0.3 is 0 Å². The van der Waals surface area contributed by atoms with Crippen molar-refractivity contribution in [2.75, 3.05) is 19.7 Å². The number of aliphatic hydroxyl groups is 1. The Kier molecular flexibility index (Phi) is 4.73. The summed E-state index contributed by atoms with van der Waals surface area (Å²) in [6.07, 6.45) is 0. The highest BCUT2D eigenvalue weighted by Gasteiger charge is 2.39.